The summed E-state index contributed by atoms with van der Waals surface area (Å²) in [5, 5.41) is 0. The maximum atomic E-state index is 12.6. The minimum absolute atomic E-state index is 0.265. The maximum Gasteiger partial charge on any atom is 0.243 e. The Bertz CT molecular complexity index is 629. The second-order valence-electron chi connectivity index (χ2n) is 5.14. The molecule has 2 N–H and O–H groups in total. The van der Waals surface area contributed by atoms with Crippen LogP contribution in [-0.2, 0) is 10.0 Å². The van der Waals surface area contributed by atoms with Crippen molar-refractivity contribution in [1.82, 2.24) is 4.31 Å². The number of sulfonamides is 1. The Labute approximate surface area is 121 Å². The fourth-order valence-corrected chi connectivity index (χ4v) is 4.05. The van der Waals surface area contributed by atoms with Gasteiger partial charge in [0.15, 0.2) is 0 Å². The van der Waals surface area contributed by atoms with E-state index in [2.05, 4.69) is 18.8 Å². The van der Waals surface area contributed by atoms with E-state index in [1.807, 2.05) is 0 Å². The Morgan fingerprint density at radius 2 is 2.25 bits per heavy atom. The van der Waals surface area contributed by atoms with Crippen LogP contribution in [0.2, 0.25) is 0 Å². The van der Waals surface area contributed by atoms with Gasteiger partial charge < -0.3 is 5.73 Å². The highest BCUT2D eigenvalue weighted by molar-refractivity contribution is 7.89. The lowest BCUT2D eigenvalue weighted by molar-refractivity contribution is 0.281. The van der Waals surface area contributed by atoms with Gasteiger partial charge >= 0.3 is 0 Å². The zero-order chi connectivity index (χ0) is 14.6. The molecule has 1 fully saturated rings. The Morgan fingerprint density at radius 3 is 2.95 bits per heavy atom. The fourth-order valence-electron chi connectivity index (χ4n) is 2.40. The molecule has 5 heteroatoms. The summed E-state index contributed by atoms with van der Waals surface area (Å²) in [6, 6.07) is 6.76. The van der Waals surface area contributed by atoms with E-state index in [1.165, 1.54) is 0 Å². The number of nitrogens with two attached hydrogens (primary N) is 1. The first-order valence-corrected chi connectivity index (χ1v) is 8.27. The zero-order valence-electron chi connectivity index (χ0n) is 11.7. The molecule has 2 rings (SSSR count). The van der Waals surface area contributed by atoms with Crippen molar-refractivity contribution in [3.63, 3.8) is 0 Å². The molecule has 1 aliphatic rings. The molecule has 0 saturated carbocycles. The van der Waals surface area contributed by atoms with Gasteiger partial charge in [-0.15, -0.1) is 0 Å². The minimum Gasteiger partial charge on any atom is -0.320 e. The van der Waals surface area contributed by atoms with Crippen molar-refractivity contribution in [2.45, 2.75) is 24.7 Å². The highest BCUT2D eigenvalue weighted by Gasteiger charge is 2.28. The third kappa shape index (κ3) is 3.40. The molecule has 1 saturated heterocycles. The minimum atomic E-state index is -3.41. The summed E-state index contributed by atoms with van der Waals surface area (Å²) >= 11 is 0. The normalized spacial score (nSPS) is 20.2. The van der Waals surface area contributed by atoms with Crippen LogP contribution < -0.4 is 5.73 Å². The van der Waals surface area contributed by atoms with Gasteiger partial charge in [-0.3, -0.25) is 0 Å². The summed E-state index contributed by atoms with van der Waals surface area (Å²) in [6.07, 6.45) is 2.01. The van der Waals surface area contributed by atoms with Crippen molar-refractivity contribution in [3.8, 4) is 11.8 Å². The van der Waals surface area contributed by atoms with Gasteiger partial charge in [-0.2, -0.15) is 4.31 Å². The lowest BCUT2D eigenvalue weighted by Gasteiger charge is -2.30. The van der Waals surface area contributed by atoms with Crippen molar-refractivity contribution in [1.29, 1.82) is 0 Å². The summed E-state index contributed by atoms with van der Waals surface area (Å²) < 4.78 is 26.8. The Morgan fingerprint density at radius 1 is 1.45 bits per heavy atom. The van der Waals surface area contributed by atoms with E-state index in [4.69, 9.17) is 5.73 Å². The average Bonchev–Trinajstić information content (AvgIpc) is 2.45. The van der Waals surface area contributed by atoms with Gasteiger partial charge in [0, 0.05) is 18.7 Å². The molecule has 1 aromatic carbocycles. The van der Waals surface area contributed by atoms with Gasteiger partial charge in [-0.25, -0.2) is 8.42 Å². The third-order valence-corrected chi connectivity index (χ3v) is 5.29. The number of hydrogen-bond acceptors (Lipinski definition) is 3. The number of piperidine rings is 1. The van der Waals surface area contributed by atoms with E-state index in [0.29, 0.717) is 29.5 Å². The number of benzene rings is 1. The summed E-state index contributed by atoms with van der Waals surface area (Å²) in [5.74, 6) is 6.03. The van der Waals surface area contributed by atoms with Crippen molar-refractivity contribution >= 4 is 10.0 Å². The molecule has 1 aromatic rings. The first kappa shape index (κ1) is 15.0. The molecule has 4 nitrogen and oxygen atoms in total. The molecule has 0 amide bonds. The number of hydrogen-bond donors (Lipinski definition) is 1. The summed E-state index contributed by atoms with van der Waals surface area (Å²) in [5.41, 5.74) is 6.01. The lowest BCUT2D eigenvalue weighted by atomic mass is 10.0. The quantitative estimate of drug-likeness (QED) is 0.839. The largest absolute Gasteiger partial charge is 0.320 e. The number of nitrogens with zero attached hydrogens (tertiary/aromatic N) is 1. The van der Waals surface area contributed by atoms with Crippen molar-refractivity contribution < 1.29 is 8.42 Å². The molecule has 0 aliphatic carbocycles. The highest BCUT2D eigenvalue weighted by Crippen LogP contribution is 2.23. The fraction of sp³-hybridized carbons (Fsp3) is 0.467. The molecule has 0 spiro atoms. The molecular formula is C15H20N2O2S. The number of rotatable bonds is 2. The van der Waals surface area contributed by atoms with Gasteiger partial charge in [0.2, 0.25) is 10.0 Å². The molecule has 0 radical (unpaired) electrons. The Balaban J connectivity index is 2.29. The van der Waals surface area contributed by atoms with E-state index in [0.717, 1.165) is 12.8 Å². The first-order chi connectivity index (χ1) is 9.54. The molecule has 1 atom stereocenters. The van der Waals surface area contributed by atoms with E-state index in [9.17, 15) is 8.42 Å². The van der Waals surface area contributed by atoms with Crippen LogP contribution in [-0.4, -0.2) is 32.4 Å². The molecule has 0 bridgehead atoms. The van der Waals surface area contributed by atoms with Crippen molar-refractivity contribution in [2.24, 2.45) is 11.7 Å². The molecule has 20 heavy (non-hydrogen) atoms. The Hall–Kier alpha value is -1.35. The highest BCUT2D eigenvalue weighted by atomic mass is 32.2. The van der Waals surface area contributed by atoms with Crippen LogP contribution in [0.4, 0.5) is 0 Å². The molecule has 1 unspecified atom stereocenters. The van der Waals surface area contributed by atoms with Gasteiger partial charge in [-0.05, 0) is 37.0 Å². The van der Waals surface area contributed by atoms with E-state index < -0.39 is 10.0 Å². The van der Waals surface area contributed by atoms with Crippen LogP contribution in [0.5, 0.6) is 0 Å². The van der Waals surface area contributed by atoms with Crippen molar-refractivity contribution in [3.05, 3.63) is 29.8 Å². The monoisotopic (exact) mass is 292 g/mol. The molecular weight excluding hydrogens is 272 g/mol. The van der Waals surface area contributed by atoms with Crippen LogP contribution in [0.3, 0.4) is 0 Å². The van der Waals surface area contributed by atoms with Gasteiger partial charge in [-0.1, -0.05) is 24.8 Å². The predicted octanol–water partition coefficient (Wildman–Crippen LogP) is 1.42. The van der Waals surface area contributed by atoms with Gasteiger partial charge in [0.05, 0.1) is 11.4 Å². The summed E-state index contributed by atoms with van der Waals surface area (Å²) in [4.78, 5) is 0.315. The van der Waals surface area contributed by atoms with Gasteiger partial charge in [0.1, 0.15) is 0 Å². The third-order valence-electron chi connectivity index (χ3n) is 3.43. The predicted molar refractivity (Wildman–Crippen MR) is 79.5 cm³/mol. The smallest absolute Gasteiger partial charge is 0.243 e. The standard InChI is InChI=1S/C15H20N2O2S/c1-13-5-4-10-17(12-13)20(18,19)15-8-2-6-14(11-15)7-3-9-16/h2,6,8,11,13H,4-5,9-10,12,16H2,1H3. The second-order valence-corrected chi connectivity index (χ2v) is 7.08. The van der Waals surface area contributed by atoms with Crippen LogP contribution in [0, 0.1) is 17.8 Å². The van der Waals surface area contributed by atoms with Crippen molar-refractivity contribution in [2.75, 3.05) is 19.6 Å². The molecule has 1 aliphatic heterocycles. The molecule has 1 heterocycles. The van der Waals surface area contributed by atoms with Gasteiger partial charge in [0.25, 0.3) is 0 Å². The Kier molecular flexibility index (Phi) is 4.81. The van der Waals surface area contributed by atoms with Crippen LogP contribution >= 0.6 is 0 Å². The van der Waals surface area contributed by atoms with Crippen LogP contribution in [0.25, 0.3) is 0 Å². The van der Waals surface area contributed by atoms with Crippen LogP contribution in [0.15, 0.2) is 29.2 Å². The topological polar surface area (TPSA) is 63.4 Å². The maximum absolute atomic E-state index is 12.6. The van der Waals surface area contributed by atoms with E-state index in [-0.39, 0.29) is 6.54 Å². The SMILES string of the molecule is CC1CCCN(S(=O)(=O)c2cccc(C#CCN)c2)C1. The van der Waals surface area contributed by atoms with E-state index in [1.54, 1.807) is 28.6 Å². The lowest BCUT2D eigenvalue weighted by Crippen LogP contribution is -2.39. The summed E-state index contributed by atoms with van der Waals surface area (Å²) in [7, 11) is -3.41. The van der Waals surface area contributed by atoms with Crippen LogP contribution in [0.1, 0.15) is 25.3 Å². The molecule has 108 valence electrons. The van der Waals surface area contributed by atoms with E-state index >= 15 is 0 Å². The summed E-state index contributed by atoms with van der Waals surface area (Å²) in [6.45, 7) is 3.55. The molecule has 0 aromatic heterocycles. The second kappa shape index (κ2) is 6.40. The average molecular weight is 292 g/mol. The first-order valence-electron chi connectivity index (χ1n) is 6.83. The zero-order valence-corrected chi connectivity index (χ0v) is 12.5.